The summed E-state index contributed by atoms with van der Waals surface area (Å²) < 4.78 is 5.06. The number of aliphatic carboxylic acids is 1. The molecular formula is C14H16O4. The van der Waals surface area contributed by atoms with Gasteiger partial charge >= 0.3 is 11.9 Å². The van der Waals surface area contributed by atoms with Crippen molar-refractivity contribution in [3.05, 3.63) is 24.3 Å². The summed E-state index contributed by atoms with van der Waals surface area (Å²) in [6.07, 6.45) is 8.15. The second kappa shape index (κ2) is 3.97. The number of rotatable bonds is 3. The van der Waals surface area contributed by atoms with Crippen molar-refractivity contribution >= 4 is 11.9 Å². The van der Waals surface area contributed by atoms with Gasteiger partial charge in [0.25, 0.3) is 0 Å². The molecule has 0 aliphatic heterocycles. The van der Waals surface area contributed by atoms with Crippen LogP contribution in [-0.2, 0) is 14.3 Å². The Labute approximate surface area is 105 Å². The van der Waals surface area contributed by atoms with Crippen LogP contribution < -0.4 is 0 Å². The Bertz CT molecular complexity index is 451. The average Bonchev–Trinajstić information content (AvgIpc) is 2.27. The van der Waals surface area contributed by atoms with Crippen LogP contribution in [0, 0.1) is 35.5 Å². The summed E-state index contributed by atoms with van der Waals surface area (Å²) in [5.41, 5.74) is 0. The Kier molecular flexibility index (Phi) is 2.54. The van der Waals surface area contributed by atoms with E-state index in [1.54, 1.807) is 6.92 Å². The van der Waals surface area contributed by atoms with E-state index in [9.17, 15) is 14.7 Å². The fourth-order valence-electron chi connectivity index (χ4n) is 3.71. The normalized spacial score (nSPS) is 43.2. The van der Waals surface area contributed by atoms with Crippen molar-refractivity contribution in [1.29, 1.82) is 0 Å². The summed E-state index contributed by atoms with van der Waals surface area (Å²) in [6.45, 7) is 2.04. The van der Waals surface area contributed by atoms with Crippen molar-refractivity contribution in [2.75, 3.05) is 6.61 Å². The number of fused-ring (bicyclic) bond motifs is 1. The predicted octanol–water partition coefficient (Wildman–Crippen LogP) is 1.48. The number of esters is 1. The number of ether oxygens (including phenoxy) is 1. The van der Waals surface area contributed by atoms with Crippen LogP contribution in [0.2, 0.25) is 0 Å². The van der Waals surface area contributed by atoms with Crippen molar-refractivity contribution in [2.45, 2.75) is 6.92 Å². The van der Waals surface area contributed by atoms with Gasteiger partial charge in [0.05, 0.1) is 18.4 Å². The Morgan fingerprint density at radius 2 is 1.50 bits per heavy atom. The van der Waals surface area contributed by atoms with Crippen LogP contribution in [0.3, 0.4) is 0 Å². The number of allylic oxidation sites excluding steroid dienone is 4. The molecule has 4 aliphatic carbocycles. The summed E-state index contributed by atoms with van der Waals surface area (Å²) in [5, 5.41) is 9.41. The lowest BCUT2D eigenvalue weighted by atomic mass is 9.50. The van der Waals surface area contributed by atoms with Crippen LogP contribution in [0.1, 0.15) is 6.92 Å². The lowest BCUT2D eigenvalue weighted by Crippen LogP contribution is -2.55. The van der Waals surface area contributed by atoms with Gasteiger partial charge in [0.2, 0.25) is 0 Å². The second-order valence-electron chi connectivity index (χ2n) is 5.22. The molecule has 0 amide bonds. The Balaban J connectivity index is 1.96. The van der Waals surface area contributed by atoms with E-state index in [2.05, 4.69) is 12.2 Å². The van der Waals surface area contributed by atoms with Crippen molar-refractivity contribution in [2.24, 2.45) is 35.5 Å². The summed E-state index contributed by atoms with van der Waals surface area (Å²) >= 11 is 0. The minimum absolute atomic E-state index is 0.00912. The highest BCUT2D eigenvalue weighted by molar-refractivity contribution is 5.83. The predicted molar refractivity (Wildman–Crippen MR) is 63.5 cm³/mol. The first-order chi connectivity index (χ1) is 8.65. The number of carboxylic acid groups (broad SMARTS) is 1. The minimum Gasteiger partial charge on any atom is -0.481 e. The number of carbonyl (C=O) groups excluding carboxylic acids is 1. The number of hydrogen-bond acceptors (Lipinski definition) is 3. The lowest BCUT2D eigenvalue weighted by molar-refractivity contribution is -0.167. The van der Waals surface area contributed by atoms with Gasteiger partial charge in [-0.1, -0.05) is 24.3 Å². The molecule has 0 heterocycles. The van der Waals surface area contributed by atoms with Crippen LogP contribution in [0.4, 0.5) is 0 Å². The number of hydrogen-bond donors (Lipinski definition) is 1. The molecule has 1 fully saturated rings. The van der Waals surface area contributed by atoms with Crippen molar-refractivity contribution in [3.63, 3.8) is 0 Å². The Morgan fingerprint density at radius 3 is 1.94 bits per heavy atom. The smallest absolute Gasteiger partial charge is 0.310 e. The third-order valence-corrected chi connectivity index (χ3v) is 4.50. The van der Waals surface area contributed by atoms with Gasteiger partial charge in [0.15, 0.2) is 0 Å². The summed E-state index contributed by atoms with van der Waals surface area (Å²) in [6, 6.07) is 0. The first-order valence-electron chi connectivity index (χ1n) is 6.41. The van der Waals surface area contributed by atoms with E-state index in [1.807, 2.05) is 12.2 Å². The van der Waals surface area contributed by atoms with Gasteiger partial charge in [-0.15, -0.1) is 0 Å². The summed E-state index contributed by atoms with van der Waals surface area (Å²) in [5.74, 6) is -1.85. The van der Waals surface area contributed by atoms with Gasteiger partial charge in [0, 0.05) is 0 Å². The third kappa shape index (κ3) is 1.38. The van der Waals surface area contributed by atoms with Gasteiger partial charge in [0.1, 0.15) is 0 Å². The van der Waals surface area contributed by atoms with E-state index >= 15 is 0 Å². The van der Waals surface area contributed by atoms with Crippen molar-refractivity contribution in [1.82, 2.24) is 0 Å². The first kappa shape index (κ1) is 11.5. The lowest BCUT2D eigenvalue weighted by Gasteiger charge is -2.53. The maximum atomic E-state index is 12.0. The molecule has 96 valence electrons. The van der Waals surface area contributed by atoms with Gasteiger partial charge in [-0.25, -0.2) is 0 Å². The Hall–Kier alpha value is -1.58. The van der Waals surface area contributed by atoms with E-state index in [-0.39, 0.29) is 17.8 Å². The molecule has 1 N–H and O–H groups in total. The third-order valence-electron chi connectivity index (χ3n) is 4.50. The average molecular weight is 248 g/mol. The molecule has 4 heteroatoms. The highest BCUT2D eigenvalue weighted by atomic mass is 16.5. The van der Waals surface area contributed by atoms with E-state index in [0.29, 0.717) is 18.4 Å². The zero-order valence-corrected chi connectivity index (χ0v) is 10.2. The molecule has 4 aliphatic rings. The van der Waals surface area contributed by atoms with Crippen molar-refractivity contribution in [3.8, 4) is 0 Å². The monoisotopic (exact) mass is 248 g/mol. The van der Waals surface area contributed by atoms with Crippen LogP contribution in [-0.4, -0.2) is 23.7 Å². The zero-order valence-electron chi connectivity index (χ0n) is 10.2. The molecule has 4 nitrogen and oxygen atoms in total. The standard InChI is InChI=1S/C14H16O4/c1-2-18-14(17)12-10-6-5-9(11(12)13(15)16)7-3-4-8(7)10/h3-12H,2H2,1H3,(H,15,16)/t7?,8?,9-,10+,11-,12-/m1/s1. The maximum absolute atomic E-state index is 12.0. The molecule has 18 heavy (non-hydrogen) atoms. The highest BCUT2D eigenvalue weighted by Crippen LogP contribution is 2.56. The molecule has 0 aromatic rings. The number of carbonyl (C=O) groups is 2. The summed E-state index contributed by atoms with van der Waals surface area (Å²) in [7, 11) is 0. The highest BCUT2D eigenvalue weighted by Gasteiger charge is 2.57. The zero-order chi connectivity index (χ0) is 12.9. The molecule has 2 bridgehead atoms. The quantitative estimate of drug-likeness (QED) is 0.607. The van der Waals surface area contributed by atoms with Gasteiger partial charge in [-0.3, -0.25) is 9.59 Å². The van der Waals surface area contributed by atoms with Crippen molar-refractivity contribution < 1.29 is 19.4 Å². The van der Waals surface area contributed by atoms with E-state index in [0.717, 1.165) is 0 Å². The topological polar surface area (TPSA) is 63.6 Å². The molecule has 0 aromatic carbocycles. The molecular weight excluding hydrogens is 232 g/mol. The molecule has 0 saturated heterocycles. The molecule has 6 atom stereocenters. The van der Waals surface area contributed by atoms with Crippen LogP contribution in [0.25, 0.3) is 0 Å². The fraction of sp³-hybridized carbons (Fsp3) is 0.571. The van der Waals surface area contributed by atoms with Gasteiger partial charge < -0.3 is 9.84 Å². The van der Waals surface area contributed by atoms with E-state index in [1.165, 1.54) is 0 Å². The first-order valence-corrected chi connectivity index (χ1v) is 6.41. The van der Waals surface area contributed by atoms with E-state index < -0.39 is 17.8 Å². The Morgan fingerprint density at radius 1 is 1.00 bits per heavy atom. The second-order valence-corrected chi connectivity index (χ2v) is 5.22. The molecule has 0 aromatic heterocycles. The molecule has 0 radical (unpaired) electrons. The van der Waals surface area contributed by atoms with Gasteiger partial charge in [-0.2, -0.15) is 0 Å². The molecule has 1 saturated carbocycles. The fourth-order valence-corrected chi connectivity index (χ4v) is 3.71. The summed E-state index contributed by atoms with van der Waals surface area (Å²) in [4.78, 5) is 23.5. The van der Waals surface area contributed by atoms with E-state index in [4.69, 9.17) is 4.74 Å². The minimum atomic E-state index is -0.883. The SMILES string of the molecule is CCOC(=O)[C@H]1[C@H](C(=O)O)[C@@H]2C=C[C@H]1C1C=CC12. The molecule has 2 unspecified atom stereocenters. The van der Waals surface area contributed by atoms with Crippen LogP contribution in [0.15, 0.2) is 24.3 Å². The van der Waals surface area contributed by atoms with Gasteiger partial charge in [-0.05, 0) is 30.6 Å². The maximum Gasteiger partial charge on any atom is 0.310 e. The molecule has 4 rings (SSSR count). The molecule has 0 spiro atoms. The largest absolute Gasteiger partial charge is 0.481 e. The number of carboxylic acids is 1. The van der Waals surface area contributed by atoms with Crippen LogP contribution >= 0.6 is 0 Å². The van der Waals surface area contributed by atoms with Crippen LogP contribution in [0.5, 0.6) is 0 Å².